The number of carbonyl (C=O) groups is 1. The fraction of sp³-hybridized carbons (Fsp3) is 0.824. The van der Waals surface area contributed by atoms with Gasteiger partial charge in [0.05, 0.1) is 0 Å². The van der Waals surface area contributed by atoms with E-state index in [2.05, 4.69) is 37.6 Å². The van der Waals surface area contributed by atoms with Crippen LogP contribution in [0.3, 0.4) is 0 Å². The third-order valence-electron chi connectivity index (χ3n) is 3.18. The van der Waals surface area contributed by atoms with Crippen molar-refractivity contribution in [2.75, 3.05) is 20.1 Å². The molecule has 0 atom stereocenters. The van der Waals surface area contributed by atoms with Crippen molar-refractivity contribution in [2.45, 2.75) is 53.4 Å². The van der Waals surface area contributed by atoms with Gasteiger partial charge in [0.2, 0.25) is 0 Å². The normalized spacial score (nSPS) is 16.6. The van der Waals surface area contributed by atoms with Gasteiger partial charge >= 0.3 is 0 Å². The topological polar surface area (TPSA) is 20.3 Å². The van der Waals surface area contributed by atoms with E-state index in [0.29, 0.717) is 5.92 Å². The second-order valence-corrected chi connectivity index (χ2v) is 6.14. The summed E-state index contributed by atoms with van der Waals surface area (Å²) in [5.74, 6) is 8.19. The van der Waals surface area contributed by atoms with Gasteiger partial charge in [-0.05, 0) is 45.3 Å². The summed E-state index contributed by atoms with van der Waals surface area (Å²) >= 11 is 0. The van der Waals surface area contributed by atoms with Crippen molar-refractivity contribution in [1.82, 2.24) is 4.90 Å². The van der Waals surface area contributed by atoms with Crippen LogP contribution in [-0.4, -0.2) is 31.3 Å². The zero-order chi connectivity index (χ0) is 14.7. The van der Waals surface area contributed by atoms with E-state index in [9.17, 15) is 4.79 Å². The fourth-order valence-electron chi connectivity index (χ4n) is 1.90. The third-order valence-corrected chi connectivity index (χ3v) is 3.18. The minimum Gasteiger partial charge on any atom is -0.306 e. The Balaban J connectivity index is 0.000000555. The summed E-state index contributed by atoms with van der Waals surface area (Å²) in [6.07, 6.45) is 6.08. The first-order chi connectivity index (χ1) is 8.95. The summed E-state index contributed by atoms with van der Waals surface area (Å²) in [5.41, 5.74) is 0. The highest BCUT2D eigenvalue weighted by Gasteiger charge is 2.15. The Morgan fingerprint density at radius 3 is 2.16 bits per heavy atom. The number of likely N-dealkylation sites (tertiary alicyclic amines) is 1. The van der Waals surface area contributed by atoms with E-state index < -0.39 is 0 Å². The molecule has 0 unspecified atom stereocenters. The molecule has 0 aromatic rings. The molecule has 0 spiro atoms. The van der Waals surface area contributed by atoms with Gasteiger partial charge in [0.15, 0.2) is 0 Å². The van der Waals surface area contributed by atoms with Crippen LogP contribution in [0.1, 0.15) is 53.4 Å². The summed E-state index contributed by atoms with van der Waals surface area (Å²) in [4.78, 5) is 11.9. The fourth-order valence-corrected chi connectivity index (χ4v) is 1.90. The zero-order valence-corrected chi connectivity index (χ0v) is 13.4. The Labute approximate surface area is 119 Å². The molecular formula is C17H31NO. The molecule has 19 heavy (non-hydrogen) atoms. The lowest BCUT2D eigenvalue weighted by Crippen LogP contribution is -2.30. The highest BCUT2D eigenvalue weighted by molar-refractivity contribution is 5.51. The van der Waals surface area contributed by atoms with Crippen LogP contribution in [0.15, 0.2) is 0 Å². The number of hydrogen-bond donors (Lipinski definition) is 0. The van der Waals surface area contributed by atoms with Gasteiger partial charge in [0.1, 0.15) is 6.29 Å². The van der Waals surface area contributed by atoms with Crippen molar-refractivity contribution in [1.29, 1.82) is 0 Å². The maximum Gasteiger partial charge on any atom is 0.122 e. The number of piperidine rings is 1. The van der Waals surface area contributed by atoms with E-state index in [1.54, 1.807) is 0 Å². The smallest absolute Gasteiger partial charge is 0.122 e. The molecule has 2 heteroatoms. The first kappa shape index (κ1) is 18.2. The van der Waals surface area contributed by atoms with Crippen molar-refractivity contribution in [3.05, 3.63) is 0 Å². The Morgan fingerprint density at radius 1 is 1.21 bits per heavy atom. The number of nitrogens with zero attached hydrogens (tertiary/aromatic N) is 1. The molecule has 1 aliphatic rings. The van der Waals surface area contributed by atoms with Crippen LogP contribution in [0, 0.1) is 29.6 Å². The van der Waals surface area contributed by atoms with Gasteiger partial charge in [0, 0.05) is 18.3 Å². The SMILES string of the molecule is CC(C)C#CCCC1CCN(C)CC1.CC(C)C=O. The molecule has 0 radical (unpaired) electrons. The molecule has 0 aromatic carbocycles. The minimum atomic E-state index is 0.204. The van der Waals surface area contributed by atoms with Crippen molar-refractivity contribution in [3.8, 4) is 11.8 Å². The average molecular weight is 265 g/mol. The molecule has 1 rings (SSSR count). The third kappa shape index (κ3) is 12.0. The molecule has 1 fully saturated rings. The van der Waals surface area contributed by atoms with Gasteiger partial charge in [-0.25, -0.2) is 0 Å². The lowest BCUT2D eigenvalue weighted by Gasteiger charge is -2.28. The number of aldehydes is 1. The van der Waals surface area contributed by atoms with Crippen molar-refractivity contribution in [3.63, 3.8) is 0 Å². The lowest BCUT2D eigenvalue weighted by atomic mass is 9.92. The molecule has 0 bridgehead atoms. The van der Waals surface area contributed by atoms with Crippen molar-refractivity contribution >= 4 is 6.29 Å². The van der Waals surface area contributed by atoms with E-state index in [1.807, 2.05) is 13.8 Å². The van der Waals surface area contributed by atoms with E-state index in [-0.39, 0.29) is 5.92 Å². The largest absolute Gasteiger partial charge is 0.306 e. The molecule has 2 nitrogen and oxygen atoms in total. The molecule has 0 aromatic heterocycles. The van der Waals surface area contributed by atoms with Crippen LogP contribution in [0.25, 0.3) is 0 Å². The average Bonchev–Trinajstić information content (AvgIpc) is 2.37. The van der Waals surface area contributed by atoms with Crippen molar-refractivity contribution in [2.24, 2.45) is 17.8 Å². The lowest BCUT2D eigenvalue weighted by molar-refractivity contribution is -0.110. The summed E-state index contributed by atoms with van der Waals surface area (Å²) in [7, 11) is 2.22. The standard InChI is InChI=1S/C13H23N.C4H8O/c1-12(2)6-4-5-7-13-8-10-14(3)11-9-13;1-4(2)3-5/h12-13H,5,7-11H2,1-3H3;3-4H,1-2H3. The summed E-state index contributed by atoms with van der Waals surface area (Å²) in [5, 5.41) is 0. The van der Waals surface area contributed by atoms with Crippen LogP contribution in [-0.2, 0) is 4.79 Å². The Hall–Kier alpha value is -0.810. The van der Waals surface area contributed by atoms with E-state index >= 15 is 0 Å². The summed E-state index contributed by atoms with van der Waals surface area (Å²) in [6, 6.07) is 0. The molecule has 1 aliphatic heterocycles. The highest BCUT2D eigenvalue weighted by atomic mass is 16.1. The Morgan fingerprint density at radius 2 is 1.74 bits per heavy atom. The first-order valence-corrected chi connectivity index (χ1v) is 7.58. The molecule has 0 N–H and O–H groups in total. The highest BCUT2D eigenvalue weighted by Crippen LogP contribution is 2.20. The second kappa shape index (κ2) is 11.1. The minimum absolute atomic E-state index is 0.204. The molecule has 1 heterocycles. The van der Waals surface area contributed by atoms with Gasteiger partial charge in [-0.2, -0.15) is 0 Å². The van der Waals surface area contributed by atoms with Gasteiger partial charge in [0.25, 0.3) is 0 Å². The molecule has 0 saturated carbocycles. The zero-order valence-electron chi connectivity index (χ0n) is 13.4. The van der Waals surface area contributed by atoms with Gasteiger partial charge in [-0.15, -0.1) is 11.8 Å². The van der Waals surface area contributed by atoms with Crippen LogP contribution in [0.4, 0.5) is 0 Å². The van der Waals surface area contributed by atoms with Gasteiger partial charge in [-0.3, -0.25) is 0 Å². The summed E-state index contributed by atoms with van der Waals surface area (Å²) in [6.45, 7) is 10.6. The Bertz CT molecular complexity index is 277. The molecule has 0 aliphatic carbocycles. The van der Waals surface area contributed by atoms with E-state index in [4.69, 9.17) is 0 Å². The monoisotopic (exact) mass is 265 g/mol. The molecular weight excluding hydrogens is 234 g/mol. The van der Waals surface area contributed by atoms with E-state index in [0.717, 1.165) is 18.6 Å². The molecule has 0 amide bonds. The molecule has 1 saturated heterocycles. The predicted molar refractivity (Wildman–Crippen MR) is 83.0 cm³/mol. The van der Waals surface area contributed by atoms with E-state index in [1.165, 1.54) is 32.4 Å². The maximum atomic E-state index is 9.50. The maximum absolute atomic E-state index is 9.50. The number of rotatable bonds is 3. The summed E-state index contributed by atoms with van der Waals surface area (Å²) < 4.78 is 0. The predicted octanol–water partition coefficient (Wildman–Crippen LogP) is 3.61. The quantitative estimate of drug-likeness (QED) is 0.574. The van der Waals surface area contributed by atoms with Crippen LogP contribution < -0.4 is 0 Å². The van der Waals surface area contributed by atoms with Gasteiger partial charge < -0.3 is 9.69 Å². The van der Waals surface area contributed by atoms with Crippen LogP contribution >= 0.6 is 0 Å². The second-order valence-electron chi connectivity index (χ2n) is 6.14. The van der Waals surface area contributed by atoms with Crippen LogP contribution in [0.2, 0.25) is 0 Å². The molecule has 110 valence electrons. The van der Waals surface area contributed by atoms with Crippen LogP contribution in [0.5, 0.6) is 0 Å². The Kier molecular flexibility index (Phi) is 10.6. The van der Waals surface area contributed by atoms with Crippen molar-refractivity contribution < 1.29 is 4.79 Å². The first-order valence-electron chi connectivity index (χ1n) is 7.58. The number of hydrogen-bond acceptors (Lipinski definition) is 2. The van der Waals surface area contributed by atoms with Gasteiger partial charge in [-0.1, -0.05) is 27.7 Å². The number of carbonyl (C=O) groups excluding carboxylic acids is 1.